The molecule has 1 fully saturated rings. The van der Waals surface area contributed by atoms with Gasteiger partial charge in [-0.3, -0.25) is 0 Å². The van der Waals surface area contributed by atoms with Crippen LogP contribution in [0.1, 0.15) is 34.8 Å². The quantitative estimate of drug-likeness (QED) is 0.432. The van der Waals surface area contributed by atoms with Crippen LogP contribution in [0.5, 0.6) is 5.75 Å². The van der Waals surface area contributed by atoms with Gasteiger partial charge in [-0.25, -0.2) is 18.9 Å². The number of methoxy groups -OCH3 is 2. The van der Waals surface area contributed by atoms with Gasteiger partial charge in [0, 0.05) is 11.5 Å². The van der Waals surface area contributed by atoms with Crippen LogP contribution in [0.15, 0.2) is 54.6 Å². The molecule has 2 aromatic heterocycles. The zero-order valence-corrected chi connectivity index (χ0v) is 17.1. The molecule has 0 saturated heterocycles. The molecular weight excluding hydrogens is 397 g/mol. The topological polar surface area (TPSA) is 66.2 Å². The van der Waals surface area contributed by atoms with Crippen LogP contribution in [0.25, 0.3) is 28.0 Å². The molecule has 5 rings (SSSR count). The first-order valence-corrected chi connectivity index (χ1v) is 10.0. The van der Waals surface area contributed by atoms with Gasteiger partial charge < -0.3 is 9.47 Å². The standard InChI is InChI=1S/C24H20FN3O3/c1-30-18-11-5-14(6-12-18)20-13-19(24(29)31-2)21-22(15-3-4-15)27-28(23(21)26-20)17-9-7-16(25)8-10-17/h5-13,15H,3-4H2,1-2H3. The van der Waals surface area contributed by atoms with Crippen LogP contribution in [0.2, 0.25) is 0 Å². The van der Waals surface area contributed by atoms with Gasteiger partial charge in [0.1, 0.15) is 11.6 Å². The van der Waals surface area contributed by atoms with Crippen LogP contribution in [0, 0.1) is 5.82 Å². The van der Waals surface area contributed by atoms with E-state index in [1.807, 2.05) is 24.3 Å². The molecule has 4 aromatic rings. The second kappa shape index (κ2) is 7.50. The van der Waals surface area contributed by atoms with Crippen LogP contribution < -0.4 is 4.74 Å². The van der Waals surface area contributed by atoms with Crippen molar-refractivity contribution in [3.8, 4) is 22.7 Å². The van der Waals surface area contributed by atoms with Crippen LogP contribution in [-0.4, -0.2) is 35.0 Å². The number of hydrogen-bond donors (Lipinski definition) is 0. The van der Waals surface area contributed by atoms with Gasteiger partial charge in [-0.15, -0.1) is 0 Å². The molecule has 0 bridgehead atoms. The van der Waals surface area contributed by atoms with E-state index in [1.165, 1.54) is 19.2 Å². The number of pyridine rings is 1. The maximum absolute atomic E-state index is 13.5. The van der Waals surface area contributed by atoms with Gasteiger partial charge in [-0.05, 0) is 67.4 Å². The molecule has 1 saturated carbocycles. The van der Waals surface area contributed by atoms with Gasteiger partial charge in [0.05, 0.1) is 42.2 Å². The molecule has 0 N–H and O–H groups in total. The Kier molecular flexibility index (Phi) is 4.66. The molecule has 2 heterocycles. The van der Waals surface area contributed by atoms with Gasteiger partial charge in [0.15, 0.2) is 5.65 Å². The monoisotopic (exact) mass is 417 g/mol. The van der Waals surface area contributed by atoms with Crippen LogP contribution >= 0.6 is 0 Å². The van der Waals surface area contributed by atoms with Crippen molar-refractivity contribution in [3.05, 3.63) is 71.7 Å². The van der Waals surface area contributed by atoms with E-state index in [1.54, 1.807) is 30.0 Å². The summed E-state index contributed by atoms with van der Waals surface area (Å²) in [7, 11) is 2.97. The third-order valence-electron chi connectivity index (χ3n) is 5.49. The summed E-state index contributed by atoms with van der Waals surface area (Å²) in [5.74, 6) is 0.235. The van der Waals surface area contributed by atoms with Gasteiger partial charge in [-0.1, -0.05) is 0 Å². The number of benzene rings is 2. The van der Waals surface area contributed by atoms with E-state index in [0.29, 0.717) is 28.0 Å². The number of rotatable bonds is 5. The third-order valence-corrected chi connectivity index (χ3v) is 5.49. The second-order valence-corrected chi connectivity index (χ2v) is 7.52. The Balaban J connectivity index is 1.79. The Morgan fingerprint density at radius 2 is 1.77 bits per heavy atom. The molecule has 1 aliphatic rings. The lowest BCUT2D eigenvalue weighted by molar-refractivity contribution is 0.0603. The summed E-state index contributed by atoms with van der Waals surface area (Å²) in [6, 6.07) is 15.3. The molecule has 6 nitrogen and oxygen atoms in total. The summed E-state index contributed by atoms with van der Waals surface area (Å²) < 4.78 is 25.5. The molecule has 0 radical (unpaired) electrons. The summed E-state index contributed by atoms with van der Waals surface area (Å²) in [6.07, 6.45) is 2.02. The van der Waals surface area contributed by atoms with Crippen LogP contribution in [0.3, 0.4) is 0 Å². The lowest BCUT2D eigenvalue weighted by Gasteiger charge is -2.09. The van der Waals surface area contributed by atoms with Gasteiger partial charge in [0.25, 0.3) is 0 Å². The Morgan fingerprint density at radius 3 is 2.39 bits per heavy atom. The van der Waals surface area contributed by atoms with Crippen molar-refractivity contribution >= 4 is 17.0 Å². The van der Waals surface area contributed by atoms with E-state index in [-0.39, 0.29) is 11.7 Å². The molecule has 0 unspecified atom stereocenters. The van der Waals surface area contributed by atoms with E-state index in [9.17, 15) is 9.18 Å². The fourth-order valence-electron chi connectivity index (χ4n) is 3.73. The maximum atomic E-state index is 13.5. The molecular formula is C24H20FN3O3. The number of carbonyl (C=O) groups excluding carboxylic acids is 1. The summed E-state index contributed by atoms with van der Waals surface area (Å²) >= 11 is 0. The molecule has 7 heteroatoms. The number of nitrogens with zero attached hydrogens (tertiary/aromatic N) is 3. The minimum absolute atomic E-state index is 0.279. The number of carbonyl (C=O) groups is 1. The molecule has 0 spiro atoms. The number of hydrogen-bond acceptors (Lipinski definition) is 5. The van der Waals surface area contributed by atoms with Crippen molar-refractivity contribution in [2.75, 3.05) is 14.2 Å². The molecule has 156 valence electrons. The predicted molar refractivity (Wildman–Crippen MR) is 114 cm³/mol. The first-order valence-electron chi connectivity index (χ1n) is 10.0. The fraction of sp³-hybridized carbons (Fsp3) is 0.208. The molecule has 0 amide bonds. The zero-order chi connectivity index (χ0) is 21.5. The van der Waals surface area contributed by atoms with Crippen molar-refractivity contribution in [1.29, 1.82) is 0 Å². The lowest BCUT2D eigenvalue weighted by Crippen LogP contribution is -2.05. The van der Waals surface area contributed by atoms with Crippen LogP contribution in [-0.2, 0) is 4.74 Å². The highest BCUT2D eigenvalue weighted by atomic mass is 19.1. The Labute approximate surface area is 178 Å². The molecule has 1 aliphatic carbocycles. The first-order chi connectivity index (χ1) is 15.1. The average Bonchev–Trinajstić information content (AvgIpc) is 3.59. The average molecular weight is 417 g/mol. The summed E-state index contributed by atoms with van der Waals surface area (Å²) in [4.78, 5) is 17.6. The number of fused-ring (bicyclic) bond motifs is 1. The third kappa shape index (κ3) is 3.42. The summed E-state index contributed by atoms with van der Waals surface area (Å²) in [5.41, 5.74) is 3.91. The van der Waals surface area contributed by atoms with Crippen molar-refractivity contribution in [2.24, 2.45) is 0 Å². The summed E-state index contributed by atoms with van der Waals surface area (Å²) in [5, 5.41) is 5.49. The van der Waals surface area contributed by atoms with E-state index in [4.69, 9.17) is 19.6 Å². The van der Waals surface area contributed by atoms with E-state index in [0.717, 1.165) is 29.8 Å². The highest BCUT2D eigenvalue weighted by Gasteiger charge is 2.33. The van der Waals surface area contributed by atoms with E-state index >= 15 is 0 Å². The molecule has 31 heavy (non-hydrogen) atoms. The first kappa shape index (κ1) is 19.2. The highest BCUT2D eigenvalue weighted by molar-refractivity contribution is 6.05. The van der Waals surface area contributed by atoms with Gasteiger partial charge in [-0.2, -0.15) is 5.10 Å². The lowest BCUT2D eigenvalue weighted by atomic mass is 10.0. The minimum atomic E-state index is -0.442. The fourth-order valence-corrected chi connectivity index (χ4v) is 3.73. The Bertz CT molecular complexity index is 1280. The van der Waals surface area contributed by atoms with E-state index in [2.05, 4.69) is 0 Å². The maximum Gasteiger partial charge on any atom is 0.338 e. The Morgan fingerprint density at radius 1 is 1.06 bits per heavy atom. The van der Waals surface area contributed by atoms with Gasteiger partial charge >= 0.3 is 5.97 Å². The number of ether oxygens (including phenoxy) is 2. The second-order valence-electron chi connectivity index (χ2n) is 7.52. The molecule has 2 aromatic carbocycles. The number of halogens is 1. The number of aromatic nitrogens is 3. The number of esters is 1. The van der Waals surface area contributed by atoms with Crippen molar-refractivity contribution in [1.82, 2.24) is 14.8 Å². The minimum Gasteiger partial charge on any atom is -0.497 e. The van der Waals surface area contributed by atoms with Crippen molar-refractivity contribution < 1.29 is 18.7 Å². The molecule has 0 atom stereocenters. The largest absolute Gasteiger partial charge is 0.497 e. The molecule has 0 aliphatic heterocycles. The Hall–Kier alpha value is -3.74. The van der Waals surface area contributed by atoms with Crippen molar-refractivity contribution in [3.63, 3.8) is 0 Å². The smallest absolute Gasteiger partial charge is 0.338 e. The van der Waals surface area contributed by atoms with Gasteiger partial charge in [0.2, 0.25) is 0 Å². The SMILES string of the molecule is COC(=O)c1cc(-c2ccc(OC)cc2)nc2c1c(C1CC1)nn2-c1ccc(F)cc1. The normalized spacial score (nSPS) is 13.4. The van der Waals surface area contributed by atoms with Crippen molar-refractivity contribution in [2.45, 2.75) is 18.8 Å². The van der Waals surface area contributed by atoms with E-state index < -0.39 is 5.97 Å². The predicted octanol–water partition coefficient (Wildman–Crippen LogP) is 4.90. The summed E-state index contributed by atoms with van der Waals surface area (Å²) in [6.45, 7) is 0. The zero-order valence-electron chi connectivity index (χ0n) is 17.1. The van der Waals surface area contributed by atoms with Crippen LogP contribution in [0.4, 0.5) is 4.39 Å². The highest BCUT2D eigenvalue weighted by Crippen LogP contribution is 2.44.